The van der Waals surface area contributed by atoms with Crippen molar-refractivity contribution in [2.45, 2.75) is 20.4 Å². The van der Waals surface area contributed by atoms with Crippen molar-refractivity contribution in [2.24, 2.45) is 5.41 Å². The molecule has 0 fully saturated rings. The molecule has 1 heterocycles. The van der Waals surface area contributed by atoms with E-state index in [1.54, 1.807) is 0 Å². The second kappa shape index (κ2) is 5.64. The van der Waals surface area contributed by atoms with E-state index < -0.39 is 0 Å². The standard InChI is InChI=1S/C12H22N2S/c1-12(2,9-13-3)10-14(4)8-11-6-5-7-15-11/h5-7,13H,8-10H2,1-4H3. The first-order valence-corrected chi connectivity index (χ1v) is 6.27. The number of rotatable bonds is 6. The molecule has 3 heteroatoms. The molecule has 0 aliphatic carbocycles. The average Bonchev–Trinajstić information content (AvgIpc) is 2.54. The summed E-state index contributed by atoms with van der Waals surface area (Å²) < 4.78 is 0. The zero-order valence-electron chi connectivity index (χ0n) is 10.2. The third-order valence-electron chi connectivity index (χ3n) is 2.36. The second-order valence-electron chi connectivity index (χ2n) is 4.95. The van der Waals surface area contributed by atoms with Gasteiger partial charge in [-0.05, 0) is 31.0 Å². The molecule has 2 nitrogen and oxygen atoms in total. The molecular weight excluding hydrogens is 204 g/mol. The van der Waals surface area contributed by atoms with Crippen LogP contribution in [0.15, 0.2) is 17.5 Å². The third-order valence-corrected chi connectivity index (χ3v) is 3.22. The number of nitrogens with one attached hydrogen (secondary N) is 1. The predicted octanol–water partition coefficient (Wildman–Crippen LogP) is 2.43. The molecule has 0 aliphatic rings. The highest BCUT2D eigenvalue weighted by molar-refractivity contribution is 7.09. The van der Waals surface area contributed by atoms with Crippen LogP contribution in [0, 0.1) is 5.41 Å². The highest BCUT2D eigenvalue weighted by Gasteiger charge is 2.19. The maximum absolute atomic E-state index is 3.25. The molecule has 0 radical (unpaired) electrons. The fourth-order valence-corrected chi connectivity index (χ4v) is 2.77. The lowest BCUT2D eigenvalue weighted by Crippen LogP contribution is -2.37. The molecule has 1 rings (SSSR count). The van der Waals surface area contributed by atoms with Crippen molar-refractivity contribution in [1.29, 1.82) is 0 Å². The van der Waals surface area contributed by atoms with Crippen molar-refractivity contribution < 1.29 is 0 Å². The molecule has 1 aromatic rings. The normalized spacial score (nSPS) is 12.3. The zero-order valence-corrected chi connectivity index (χ0v) is 11.0. The van der Waals surface area contributed by atoms with Gasteiger partial charge in [0.05, 0.1) is 0 Å². The summed E-state index contributed by atoms with van der Waals surface area (Å²) in [5.41, 5.74) is 0.334. The summed E-state index contributed by atoms with van der Waals surface area (Å²) in [4.78, 5) is 3.83. The second-order valence-corrected chi connectivity index (χ2v) is 5.98. The highest BCUT2D eigenvalue weighted by Crippen LogP contribution is 2.17. The van der Waals surface area contributed by atoms with Gasteiger partial charge < -0.3 is 10.2 Å². The molecule has 0 unspecified atom stereocenters. The maximum Gasteiger partial charge on any atom is 0.0325 e. The molecule has 1 aromatic heterocycles. The van der Waals surface area contributed by atoms with Crippen molar-refractivity contribution >= 4 is 11.3 Å². The summed E-state index contributed by atoms with van der Waals surface area (Å²) in [7, 11) is 4.21. The largest absolute Gasteiger partial charge is 0.319 e. The topological polar surface area (TPSA) is 15.3 Å². The summed E-state index contributed by atoms with van der Waals surface area (Å²) in [6.45, 7) is 7.83. The highest BCUT2D eigenvalue weighted by atomic mass is 32.1. The zero-order chi connectivity index (χ0) is 11.3. The van der Waals surface area contributed by atoms with E-state index in [-0.39, 0.29) is 0 Å². The van der Waals surface area contributed by atoms with E-state index >= 15 is 0 Å². The molecule has 1 N–H and O–H groups in total. The van der Waals surface area contributed by atoms with Crippen LogP contribution >= 0.6 is 11.3 Å². The van der Waals surface area contributed by atoms with Crippen LogP contribution in [-0.2, 0) is 6.54 Å². The molecule has 0 aromatic carbocycles. The third kappa shape index (κ3) is 4.78. The first-order valence-electron chi connectivity index (χ1n) is 5.39. The van der Waals surface area contributed by atoms with E-state index in [2.05, 4.69) is 48.6 Å². The number of nitrogens with zero attached hydrogens (tertiary/aromatic N) is 1. The quantitative estimate of drug-likeness (QED) is 0.801. The summed E-state index contributed by atoms with van der Waals surface area (Å²) in [6, 6.07) is 4.32. The first kappa shape index (κ1) is 12.7. The minimum absolute atomic E-state index is 0.334. The molecule has 15 heavy (non-hydrogen) atoms. The Hall–Kier alpha value is -0.380. The Bertz CT molecular complexity index is 267. The molecule has 0 spiro atoms. The van der Waals surface area contributed by atoms with Crippen LogP contribution < -0.4 is 5.32 Å². The van der Waals surface area contributed by atoms with Gasteiger partial charge in [0.15, 0.2) is 0 Å². The number of hydrogen-bond donors (Lipinski definition) is 1. The van der Waals surface area contributed by atoms with Crippen LogP contribution in [0.25, 0.3) is 0 Å². The van der Waals surface area contributed by atoms with Gasteiger partial charge >= 0.3 is 0 Å². The first-order chi connectivity index (χ1) is 7.03. The Labute approximate surface area is 97.3 Å². The summed E-state index contributed by atoms with van der Waals surface area (Å²) in [6.07, 6.45) is 0. The molecule has 0 amide bonds. The van der Waals surface area contributed by atoms with Crippen molar-refractivity contribution in [3.05, 3.63) is 22.4 Å². The van der Waals surface area contributed by atoms with Crippen LogP contribution in [0.3, 0.4) is 0 Å². The van der Waals surface area contributed by atoms with E-state index in [1.165, 1.54) is 4.88 Å². The average molecular weight is 226 g/mol. The van der Waals surface area contributed by atoms with Gasteiger partial charge in [0, 0.05) is 24.5 Å². The summed E-state index contributed by atoms with van der Waals surface area (Å²) >= 11 is 1.83. The molecule has 0 bridgehead atoms. The molecule has 0 saturated carbocycles. The molecule has 86 valence electrons. The van der Waals surface area contributed by atoms with Gasteiger partial charge in [0.1, 0.15) is 0 Å². The van der Waals surface area contributed by atoms with Gasteiger partial charge in [0.25, 0.3) is 0 Å². The maximum atomic E-state index is 3.25. The van der Waals surface area contributed by atoms with Gasteiger partial charge in [-0.15, -0.1) is 11.3 Å². The lowest BCUT2D eigenvalue weighted by molar-refractivity contribution is 0.203. The summed E-state index contributed by atoms with van der Waals surface area (Å²) in [5.74, 6) is 0. The number of thiophene rings is 1. The van der Waals surface area contributed by atoms with Gasteiger partial charge in [-0.1, -0.05) is 19.9 Å². The minimum Gasteiger partial charge on any atom is -0.319 e. The Balaban J connectivity index is 2.38. The molecule has 0 atom stereocenters. The van der Waals surface area contributed by atoms with Crippen LogP contribution in [0.2, 0.25) is 0 Å². The lowest BCUT2D eigenvalue weighted by atomic mass is 9.93. The van der Waals surface area contributed by atoms with Crippen LogP contribution in [0.4, 0.5) is 0 Å². The summed E-state index contributed by atoms with van der Waals surface area (Å²) in [5, 5.41) is 5.39. The van der Waals surface area contributed by atoms with Crippen LogP contribution in [-0.4, -0.2) is 32.1 Å². The Morgan fingerprint density at radius 3 is 2.73 bits per heavy atom. The van der Waals surface area contributed by atoms with Crippen molar-refractivity contribution in [1.82, 2.24) is 10.2 Å². The van der Waals surface area contributed by atoms with Crippen molar-refractivity contribution in [3.8, 4) is 0 Å². The smallest absolute Gasteiger partial charge is 0.0325 e. The van der Waals surface area contributed by atoms with Crippen molar-refractivity contribution in [3.63, 3.8) is 0 Å². The van der Waals surface area contributed by atoms with Crippen LogP contribution in [0.1, 0.15) is 18.7 Å². The van der Waals surface area contributed by atoms with Gasteiger partial charge in [-0.2, -0.15) is 0 Å². The fourth-order valence-electron chi connectivity index (χ4n) is 1.99. The Morgan fingerprint density at radius 1 is 1.47 bits per heavy atom. The lowest BCUT2D eigenvalue weighted by Gasteiger charge is -2.29. The van der Waals surface area contributed by atoms with Crippen molar-refractivity contribution in [2.75, 3.05) is 27.2 Å². The molecule has 0 saturated heterocycles. The van der Waals surface area contributed by atoms with E-state index in [4.69, 9.17) is 0 Å². The Kier molecular flexibility index (Phi) is 4.77. The number of hydrogen-bond acceptors (Lipinski definition) is 3. The molecule has 0 aliphatic heterocycles. The monoisotopic (exact) mass is 226 g/mol. The molecular formula is C12H22N2S. The van der Waals surface area contributed by atoms with Gasteiger partial charge in [-0.25, -0.2) is 0 Å². The Morgan fingerprint density at radius 2 is 2.20 bits per heavy atom. The van der Waals surface area contributed by atoms with E-state index in [0.29, 0.717) is 5.41 Å². The van der Waals surface area contributed by atoms with Crippen LogP contribution in [0.5, 0.6) is 0 Å². The SMILES string of the molecule is CNCC(C)(C)CN(C)Cc1cccs1. The fraction of sp³-hybridized carbons (Fsp3) is 0.667. The minimum atomic E-state index is 0.334. The van der Waals surface area contributed by atoms with Gasteiger partial charge in [-0.3, -0.25) is 0 Å². The van der Waals surface area contributed by atoms with E-state index in [9.17, 15) is 0 Å². The van der Waals surface area contributed by atoms with E-state index in [1.807, 2.05) is 18.4 Å². The predicted molar refractivity (Wildman–Crippen MR) is 68.4 cm³/mol. The van der Waals surface area contributed by atoms with Gasteiger partial charge in [0.2, 0.25) is 0 Å². The van der Waals surface area contributed by atoms with E-state index in [0.717, 1.165) is 19.6 Å².